The van der Waals surface area contributed by atoms with E-state index in [1.165, 1.54) is 12.1 Å². The molecule has 0 spiro atoms. The Kier molecular flexibility index (Phi) is 5.55. The molecule has 0 radical (unpaired) electrons. The van der Waals surface area contributed by atoms with Crippen molar-refractivity contribution in [3.05, 3.63) is 70.3 Å². The lowest BCUT2D eigenvalue weighted by Gasteiger charge is -2.06. The van der Waals surface area contributed by atoms with E-state index in [4.69, 9.17) is 9.15 Å². The molecule has 0 amide bonds. The van der Waals surface area contributed by atoms with Crippen molar-refractivity contribution in [2.24, 2.45) is 0 Å². The molecule has 0 atom stereocenters. The van der Waals surface area contributed by atoms with E-state index in [0.717, 1.165) is 5.56 Å². The fourth-order valence-electron chi connectivity index (χ4n) is 2.13. The van der Waals surface area contributed by atoms with E-state index < -0.39 is 5.97 Å². The van der Waals surface area contributed by atoms with Gasteiger partial charge < -0.3 is 9.15 Å². The van der Waals surface area contributed by atoms with Crippen LogP contribution in [0.2, 0.25) is 0 Å². The van der Waals surface area contributed by atoms with Gasteiger partial charge in [-0.15, -0.1) is 10.2 Å². The number of esters is 1. The number of nitrogens with zero attached hydrogens (tertiary/aromatic N) is 2. The molecule has 5 nitrogen and oxygen atoms in total. The number of carbonyl (C=O) groups excluding carboxylic acids is 1. The molecule has 0 bridgehead atoms. The topological polar surface area (TPSA) is 65.2 Å². The first-order valence-corrected chi connectivity index (χ1v) is 8.38. The fourth-order valence-corrected chi connectivity index (χ4v) is 2.60. The van der Waals surface area contributed by atoms with Gasteiger partial charge in [0.25, 0.3) is 0 Å². The van der Waals surface area contributed by atoms with Crippen LogP contribution in [-0.2, 0) is 22.6 Å². The third-order valence-electron chi connectivity index (χ3n) is 3.43. The smallest absolute Gasteiger partial charge is 0.306 e. The molecule has 128 valence electrons. The molecule has 0 N–H and O–H groups in total. The first-order valence-electron chi connectivity index (χ1n) is 7.59. The van der Waals surface area contributed by atoms with Gasteiger partial charge in [-0.2, -0.15) is 0 Å². The summed E-state index contributed by atoms with van der Waals surface area (Å²) in [7, 11) is 0. The number of hydrogen-bond donors (Lipinski definition) is 0. The summed E-state index contributed by atoms with van der Waals surface area (Å²) < 4.78 is 24.3. The number of benzene rings is 2. The molecule has 0 aliphatic carbocycles. The Labute approximate surface area is 152 Å². The summed E-state index contributed by atoms with van der Waals surface area (Å²) in [5.74, 6) is 0.0428. The average Bonchev–Trinajstić information content (AvgIpc) is 3.09. The second kappa shape index (κ2) is 8.02. The van der Waals surface area contributed by atoms with Gasteiger partial charge in [-0.1, -0.05) is 40.2 Å². The predicted octanol–water partition coefficient (Wildman–Crippen LogP) is 4.31. The zero-order valence-corrected chi connectivity index (χ0v) is 14.7. The summed E-state index contributed by atoms with van der Waals surface area (Å²) in [6.45, 7) is 0.0682. The van der Waals surface area contributed by atoms with E-state index in [1.807, 2.05) is 30.3 Å². The van der Waals surface area contributed by atoms with Crippen molar-refractivity contribution >= 4 is 21.9 Å². The largest absolute Gasteiger partial charge is 0.461 e. The highest BCUT2D eigenvalue weighted by atomic mass is 79.9. The number of carbonyl (C=O) groups is 1. The maximum atomic E-state index is 13.0. The Bertz CT molecular complexity index is 868. The van der Waals surface area contributed by atoms with Crippen LogP contribution in [0.3, 0.4) is 0 Å². The lowest BCUT2D eigenvalue weighted by atomic mass is 10.2. The van der Waals surface area contributed by atoms with Crippen LogP contribution < -0.4 is 0 Å². The summed E-state index contributed by atoms with van der Waals surface area (Å²) >= 11 is 3.23. The van der Waals surface area contributed by atoms with Gasteiger partial charge in [-0.25, -0.2) is 4.39 Å². The molecule has 25 heavy (non-hydrogen) atoms. The number of rotatable bonds is 6. The van der Waals surface area contributed by atoms with Crippen molar-refractivity contribution in [1.29, 1.82) is 0 Å². The van der Waals surface area contributed by atoms with Crippen molar-refractivity contribution in [1.82, 2.24) is 10.2 Å². The molecule has 0 aliphatic rings. The minimum Gasteiger partial charge on any atom is -0.461 e. The van der Waals surface area contributed by atoms with Crippen molar-refractivity contribution in [3.63, 3.8) is 0 Å². The second-order valence-corrected chi connectivity index (χ2v) is 6.12. The van der Waals surface area contributed by atoms with Crippen LogP contribution in [0.5, 0.6) is 0 Å². The summed E-state index contributed by atoms with van der Waals surface area (Å²) in [5.41, 5.74) is 1.52. The molecule has 1 heterocycles. The van der Waals surface area contributed by atoms with E-state index in [-0.39, 0.29) is 18.8 Å². The van der Waals surface area contributed by atoms with Gasteiger partial charge >= 0.3 is 5.97 Å². The first kappa shape index (κ1) is 17.3. The Balaban J connectivity index is 1.50. The average molecular weight is 405 g/mol. The molecule has 3 rings (SSSR count). The molecular weight excluding hydrogens is 391 g/mol. The van der Waals surface area contributed by atoms with Gasteiger partial charge in [0, 0.05) is 22.0 Å². The molecular formula is C18H14BrFN2O3. The normalized spacial score (nSPS) is 10.6. The van der Waals surface area contributed by atoms with Crippen molar-refractivity contribution in [2.75, 3.05) is 0 Å². The van der Waals surface area contributed by atoms with Crippen LogP contribution in [-0.4, -0.2) is 16.2 Å². The van der Waals surface area contributed by atoms with Gasteiger partial charge in [0.2, 0.25) is 11.8 Å². The fraction of sp³-hybridized carbons (Fsp3) is 0.167. The number of ether oxygens (including phenoxy) is 1. The lowest BCUT2D eigenvalue weighted by Crippen LogP contribution is -2.06. The molecule has 7 heteroatoms. The van der Waals surface area contributed by atoms with Gasteiger partial charge in [0.15, 0.2) is 0 Å². The number of aryl methyl sites for hydroxylation is 1. The predicted molar refractivity (Wildman–Crippen MR) is 92.0 cm³/mol. The Hall–Kier alpha value is -2.54. The maximum Gasteiger partial charge on any atom is 0.306 e. The van der Waals surface area contributed by atoms with Gasteiger partial charge in [-0.3, -0.25) is 4.79 Å². The summed E-state index contributed by atoms with van der Waals surface area (Å²) in [6.07, 6.45) is 0.415. The minimum atomic E-state index is -0.393. The van der Waals surface area contributed by atoms with E-state index in [2.05, 4.69) is 26.1 Å². The van der Waals surface area contributed by atoms with Crippen molar-refractivity contribution < 1.29 is 18.3 Å². The van der Waals surface area contributed by atoms with Crippen LogP contribution in [0.1, 0.15) is 17.9 Å². The highest BCUT2D eigenvalue weighted by Gasteiger charge is 2.12. The molecule has 2 aromatic carbocycles. The zero-order valence-electron chi connectivity index (χ0n) is 13.1. The number of halogens is 2. The van der Waals surface area contributed by atoms with Gasteiger partial charge in [-0.05, 0) is 24.3 Å². The quantitative estimate of drug-likeness (QED) is 0.572. The molecule has 0 unspecified atom stereocenters. The Morgan fingerprint density at radius 2 is 1.96 bits per heavy atom. The number of aromatic nitrogens is 2. The monoisotopic (exact) mass is 404 g/mol. The van der Waals surface area contributed by atoms with Crippen molar-refractivity contribution in [2.45, 2.75) is 19.4 Å². The molecule has 0 saturated heterocycles. The van der Waals surface area contributed by atoms with E-state index in [9.17, 15) is 9.18 Å². The summed E-state index contributed by atoms with van der Waals surface area (Å²) in [4.78, 5) is 11.8. The molecule has 3 aromatic rings. The van der Waals surface area contributed by atoms with Crippen LogP contribution in [0.4, 0.5) is 4.39 Å². The van der Waals surface area contributed by atoms with Crippen molar-refractivity contribution in [3.8, 4) is 11.5 Å². The van der Waals surface area contributed by atoms with E-state index >= 15 is 0 Å². The molecule has 0 aliphatic heterocycles. The summed E-state index contributed by atoms with van der Waals surface area (Å²) in [6, 6.07) is 13.6. The highest BCUT2D eigenvalue weighted by molar-refractivity contribution is 9.10. The molecule has 0 saturated carbocycles. The molecule has 0 fully saturated rings. The molecule has 1 aromatic heterocycles. The number of hydrogen-bond acceptors (Lipinski definition) is 5. The van der Waals surface area contributed by atoms with E-state index in [0.29, 0.717) is 28.2 Å². The lowest BCUT2D eigenvalue weighted by molar-refractivity contribution is -0.145. The van der Waals surface area contributed by atoms with Crippen LogP contribution >= 0.6 is 15.9 Å². The first-order chi connectivity index (χ1) is 12.1. The summed E-state index contributed by atoms with van der Waals surface area (Å²) in [5, 5.41) is 7.90. The van der Waals surface area contributed by atoms with Gasteiger partial charge in [0.05, 0.1) is 6.42 Å². The SMILES string of the molecule is O=C(CCc1nnc(-c2ccccc2)o1)OCc1ccc(F)cc1Br. The third-order valence-corrected chi connectivity index (χ3v) is 4.17. The minimum absolute atomic E-state index is 0.0682. The Morgan fingerprint density at radius 3 is 2.72 bits per heavy atom. The third kappa shape index (κ3) is 4.73. The second-order valence-electron chi connectivity index (χ2n) is 5.26. The van der Waals surface area contributed by atoms with Crippen LogP contribution in [0, 0.1) is 5.82 Å². The Morgan fingerprint density at radius 1 is 1.16 bits per heavy atom. The van der Waals surface area contributed by atoms with Gasteiger partial charge in [0.1, 0.15) is 12.4 Å². The maximum absolute atomic E-state index is 13.0. The van der Waals surface area contributed by atoms with Crippen LogP contribution in [0.25, 0.3) is 11.5 Å². The standard InChI is InChI=1S/C18H14BrFN2O3/c19-15-10-14(20)7-6-13(15)11-24-17(23)9-8-16-21-22-18(25-16)12-4-2-1-3-5-12/h1-7,10H,8-9,11H2. The highest BCUT2D eigenvalue weighted by Crippen LogP contribution is 2.20. The van der Waals surface area contributed by atoms with Crippen LogP contribution in [0.15, 0.2) is 57.4 Å². The zero-order chi connectivity index (χ0) is 17.6. The van der Waals surface area contributed by atoms with E-state index in [1.54, 1.807) is 6.07 Å².